The monoisotopic (exact) mass is 364 g/mol. The first-order valence-electron chi connectivity index (χ1n) is 8.20. The number of hydrogen-bond donors (Lipinski definition) is 2. The van der Waals surface area contributed by atoms with Gasteiger partial charge in [-0.2, -0.15) is 5.26 Å². The van der Waals surface area contributed by atoms with Crippen LogP contribution in [0.2, 0.25) is 0 Å². The van der Waals surface area contributed by atoms with E-state index in [2.05, 4.69) is 15.8 Å². The van der Waals surface area contributed by atoms with E-state index in [-0.39, 0.29) is 18.9 Å². The molecule has 0 saturated heterocycles. The first kappa shape index (κ1) is 17.9. The third-order valence-corrected chi connectivity index (χ3v) is 3.61. The predicted octanol–water partition coefficient (Wildman–Crippen LogP) is 1.86. The van der Waals surface area contributed by atoms with Crippen LogP contribution in [-0.2, 0) is 16.0 Å². The number of aryl methyl sites for hydroxylation is 1. The van der Waals surface area contributed by atoms with Crippen LogP contribution in [-0.4, -0.2) is 23.4 Å². The lowest BCUT2D eigenvalue weighted by Crippen LogP contribution is -2.43. The summed E-state index contributed by atoms with van der Waals surface area (Å²) < 4.78 is 10.8. The molecule has 1 heterocycles. The Bertz CT molecular complexity index is 973. The van der Waals surface area contributed by atoms with E-state index in [0.717, 1.165) is 5.52 Å². The largest absolute Gasteiger partial charge is 0.482 e. The number of hydrazine groups is 1. The molecule has 0 bridgehead atoms. The Hall–Kier alpha value is -3.86. The summed E-state index contributed by atoms with van der Waals surface area (Å²) in [7, 11) is 0. The van der Waals surface area contributed by atoms with Crippen LogP contribution >= 0.6 is 0 Å². The van der Waals surface area contributed by atoms with Gasteiger partial charge in [0.05, 0.1) is 5.56 Å². The number of oxazole rings is 1. The maximum absolute atomic E-state index is 11.8. The molecule has 0 unspecified atom stereocenters. The Morgan fingerprint density at radius 3 is 2.63 bits per heavy atom. The number of hydrogen-bond acceptors (Lipinski definition) is 6. The Kier molecular flexibility index (Phi) is 5.64. The number of nitriles is 1. The summed E-state index contributed by atoms with van der Waals surface area (Å²) in [5, 5.41) is 8.96. The molecular formula is C19H16N4O4. The van der Waals surface area contributed by atoms with Crippen molar-refractivity contribution in [1.29, 1.82) is 5.26 Å². The fraction of sp³-hybridized carbons (Fsp3) is 0.158. The number of amides is 2. The first-order valence-corrected chi connectivity index (χ1v) is 8.20. The van der Waals surface area contributed by atoms with E-state index < -0.39 is 5.91 Å². The molecule has 136 valence electrons. The minimum atomic E-state index is -0.544. The van der Waals surface area contributed by atoms with Gasteiger partial charge >= 0.3 is 0 Å². The average Bonchev–Trinajstić information content (AvgIpc) is 3.12. The van der Waals surface area contributed by atoms with Crippen molar-refractivity contribution in [2.45, 2.75) is 12.8 Å². The molecule has 0 spiro atoms. The third kappa shape index (κ3) is 4.83. The minimum Gasteiger partial charge on any atom is -0.482 e. The lowest BCUT2D eigenvalue weighted by atomic mass is 10.2. The number of ether oxygens (including phenoxy) is 1. The molecule has 2 amide bonds. The van der Waals surface area contributed by atoms with Crippen LogP contribution in [0.15, 0.2) is 52.9 Å². The van der Waals surface area contributed by atoms with Crippen molar-refractivity contribution in [2.75, 3.05) is 6.61 Å². The van der Waals surface area contributed by atoms with E-state index in [1.54, 1.807) is 30.3 Å². The molecule has 0 radical (unpaired) electrons. The summed E-state index contributed by atoms with van der Waals surface area (Å²) in [6.45, 7) is -0.329. The van der Waals surface area contributed by atoms with E-state index in [4.69, 9.17) is 14.4 Å². The molecule has 3 aromatic rings. The summed E-state index contributed by atoms with van der Waals surface area (Å²) >= 11 is 0. The second kappa shape index (κ2) is 8.49. The number of rotatable bonds is 6. The molecule has 2 aromatic carbocycles. The number of fused-ring (bicyclic) bond motifs is 1. The molecule has 0 saturated carbocycles. The second-order valence-electron chi connectivity index (χ2n) is 5.57. The molecule has 2 N–H and O–H groups in total. The van der Waals surface area contributed by atoms with Crippen LogP contribution in [0.3, 0.4) is 0 Å². The number of carbonyl (C=O) groups is 2. The van der Waals surface area contributed by atoms with Gasteiger partial charge in [0.15, 0.2) is 18.1 Å². The van der Waals surface area contributed by atoms with Crippen molar-refractivity contribution >= 4 is 22.9 Å². The van der Waals surface area contributed by atoms with Crippen molar-refractivity contribution < 1.29 is 18.7 Å². The van der Waals surface area contributed by atoms with Gasteiger partial charge in [-0.05, 0) is 24.3 Å². The van der Waals surface area contributed by atoms with Crippen LogP contribution < -0.4 is 15.6 Å². The molecule has 8 heteroatoms. The van der Waals surface area contributed by atoms with Gasteiger partial charge in [0.1, 0.15) is 17.3 Å². The first-order chi connectivity index (χ1) is 13.2. The highest BCUT2D eigenvalue weighted by Gasteiger charge is 2.10. The van der Waals surface area contributed by atoms with Crippen LogP contribution in [0.1, 0.15) is 17.9 Å². The van der Waals surface area contributed by atoms with Crippen molar-refractivity contribution in [3.63, 3.8) is 0 Å². The van der Waals surface area contributed by atoms with E-state index in [0.29, 0.717) is 29.2 Å². The van der Waals surface area contributed by atoms with Crippen molar-refractivity contribution in [3.8, 4) is 11.8 Å². The number of nitrogens with one attached hydrogen (secondary N) is 2. The zero-order valence-electron chi connectivity index (χ0n) is 14.3. The second-order valence-corrected chi connectivity index (χ2v) is 5.57. The number of nitrogens with zero attached hydrogens (tertiary/aromatic N) is 2. The van der Waals surface area contributed by atoms with Gasteiger partial charge in [-0.1, -0.05) is 24.3 Å². The summed E-state index contributed by atoms with van der Waals surface area (Å²) in [4.78, 5) is 27.9. The maximum atomic E-state index is 11.8. The summed E-state index contributed by atoms with van der Waals surface area (Å²) in [5.41, 5.74) is 6.28. The Morgan fingerprint density at radius 1 is 1.07 bits per heavy atom. The molecule has 3 rings (SSSR count). The van der Waals surface area contributed by atoms with Gasteiger partial charge in [-0.25, -0.2) is 4.98 Å². The SMILES string of the molecule is N#Cc1ccccc1OCC(=O)NNC(=O)CCc1nc2ccccc2o1. The molecule has 0 atom stereocenters. The molecular weight excluding hydrogens is 348 g/mol. The predicted molar refractivity (Wildman–Crippen MR) is 95.3 cm³/mol. The molecule has 8 nitrogen and oxygen atoms in total. The Labute approximate surface area is 154 Å². The molecule has 27 heavy (non-hydrogen) atoms. The Morgan fingerprint density at radius 2 is 1.81 bits per heavy atom. The molecule has 0 fully saturated rings. The van der Waals surface area contributed by atoms with Crippen molar-refractivity contribution in [3.05, 3.63) is 60.0 Å². The fourth-order valence-corrected chi connectivity index (χ4v) is 2.31. The number of carbonyl (C=O) groups excluding carboxylic acids is 2. The number of para-hydroxylation sites is 3. The molecule has 0 aliphatic rings. The standard InChI is InChI=1S/C19H16N4O4/c20-11-13-5-1-3-7-15(13)26-12-18(25)23-22-17(24)9-10-19-21-14-6-2-4-8-16(14)27-19/h1-8H,9-10,12H2,(H,22,24)(H,23,25). The number of aromatic nitrogens is 1. The molecule has 0 aliphatic heterocycles. The van der Waals surface area contributed by atoms with E-state index in [1.807, 2.05) is 24.3 Å². The fourth-order valence-electron chi connectivity index (χ4n) is 2.31. The third-order valence-electron chi connectivity index (χ3n) is 3.61. The van der Waals surface area contributed by atoms with Crippen molar-refractivity contribution in [1.82, 2.24) is 15.8 Å². The van der Waals surface area contributed by atoms with Gasteiger partial charge < -0.3 is 9.15 Å². The van der Waals surface area contributed by atoms with Crippen LogP contribution in [0.4, 0.5) is 0 Å². The number of benzene rings is 2. The summed E-state index contributed by atoms with van der Waals surface area (Å²) in [6, 6.07) is 15.9. The molecule has 0 aliphatic carbocycles. The quantitative estimate of drug-likeness (QED) is 0.645. The lowest BCUT2D eigenvalue weighted by molar-refractivity contribution is -0.130. The zero-order chi connectivity index (χ0) is 19.1. The normalized spacial score (nSPS) is 10.2. The highest BCUT2D eigenvalue weighted by molar-refractivity contribution is 5.82. The average molecular weight is 364 g/mol. The summed E-state index contributed by atoms with van der Waals surface area (Å²) in [5.74, 6) is -0.174. The topological polar surface area (TPSA) is 117 Å². The van der Waals surface area contributed by atoms with E-state index in [9.17, 15) is 9.59 Å². The van der Waals surface area contributed by atoms with Gasteiger partial charge in [0.25, 0.3) is 5.91 Å². The van der Waals surface area contributed by atoms with E-state index in [1.165, 1.54) is 0 Å². The van der Waals surface area contributed by atoms with E-state index >= 15 is 0 Å². The Balaban J connectivity index is 1.40. The zero-order valence-corrected chi connectivity index (χ0v) is 14.3. The molecule has 1 aromatic heterocycles. The van der Waals surface area contributed by atoms with Crippen LogP contribution in [0.5, 0.6) is 5.75 Å². The van der Waals surface area contributed by atoms with Gasteiger partial charge in [0.2, 0.25) is 5.91 Å². The maximum Gasteiger partial charge on any atom is 0.276 e. The van der Waals surface area contributed by atoms with Gasteiger partial charge in [-0.3, -0.25) is 20.4 Å². The lowest BCUT2D eigenvalue weighted by Gasteiger charge is -2.09. The van der Waals surface area contributed by atoms with Gasteiger partial charge in [0, 0.05) is 12.8 Å². The minimum absolute atomic E-state index is 0.102. The van der Waals surface area contributed by atoms with Gasteiger partial charge in [-0.15, -0.1) is 0 Å². The van der Waals surface area contributed by atoms with Crippen molar-refractivity contribution in [2.24, 2.45) is 0 Å². The smallest absolute Gasteiger partial charge is 0.276 e. The highest BCUT2D eigenvalue weighted by Crippen LogP contribution is 2.16. The van der Waals surface area contributed by atoms with Crippen LogP contribution in [0, 0.1) is 11.3 Å². The van der Waals surface area contributed by atoms with Crippen LogP contribution in [0.25, 0.3) is 11.1 Å². The highest BCUT2D eigenvalue weighted by atomic mass is 16.5. The summed E-state index contributed by atoms with van der Waals surface area (Å²) in [6.07, 6.45) is 0.410.